The molecule has 0 fully saturated rings. The summed E-state index contributed by atoms with van der Waals surface area (Å²) in [5.41, 5.74) is 1.77. The number of aromatic nitrogens is 3. The van der Waals surface area contributed by atoms with Gasteiger partial charge in [-0.2, -0.15) is 5.10 Å². The summed E-state index contributed by atoms with van der Waals surface area (Å²) in [4.78, 5) is 24.5. The first-order valence-corrected chi connectivity index (χ1v) is 8.58. The molecule has 0 aliphatic rings. The topological polar surface area (TPSA) is 85.8 Å². The zero-order valence-electron chi connectivity index (χ0n) is 14.2. The fourth-order valence-corrected chi connectivity index (χ4v) is 3.04. The number of halogens is 1. The summed E-state index contributed by atoms with van der Waals surface area (Å²) in [6.07, 6.45) is 0. The molecule has 2 aromatic heterocycles. The van der Waals surface area contributed by atoms with Crippen molar-refractivity contribution in [2.45, 2.75) is 6.92 Å². The molecule has 8 heteroatoms. The van der Waals surface area contributed by atoms with Crippen molar-refractivity contribution in [2.75, 3.05) is 6.61 Å². The van der Waals surface area contributed by atoms with Crippen LogP contribution in [0.4, 0.5) is 0 Å². The summed E-state index contributed by atoms with van der Waals surface area (Å²) in [6, 6.07) is 13.2. The molecule has 1 N–H and O–H groups in total. The normalized spacial score (nSPS) is 11.2. The van der Waals surface area contributed by atoms with Crippen molar-refractivity contribution < 1.29 is 14.7 Å². The summed E-state index contributed by atoms with van der Waals surface area (Å²) in [7, 11) is 0. The van der Waals surface area contributed by atoms with E-state index in [9.17, 15) is 14.8 Å². The van der Waals surface area contributed by atoms with Crippen LogP contribution in [-0.2, 0) is 4.74 Å². The smallest absolute Gasteiger partial charge is 0.338 e. The van der Waals surface area contributed by atoms with Crippen LogP contribution in [0.5, 0.6) is 0 Å². The third kappa shape index (κ3) is 2.82. The molecule has 0 bridgehead atoms. The molecule has 0 aliphatic heterocycles. The summed E-state index contributed by atoms with van der Waals surface area (Å²) < 4.78 is 6.93. The molecule has 0 aliphatic carbocycles. The minimum Gasteiger partial charge on any atom is -0.462 e. The van der Waals surface area contributed by atoms with Gasteiger partial charge in [0.1, 0.15) is 11.0 Å². The molecule has 7 nitrogen and oxygen atoms in total. The zero-order chi connectivity index (χ0) is 19.1. The van der Waals surface area contributed by atoms with Crippen molar-refractivity contribution in [2.24, 2.45) is 0 Å². The number of fused-ring (bicyclic) bond motifs is 3. The Morgan fingerprint density at radius 3 is 2.56 bits per heavy atom. The highest BCUT2D eigenvalue weighted by Gasteiger charge is 2.16. The molecule has 4 rings (SSSR count). The summed E-state index contributed by atoms with van der Waals surface area (Å²) in [5.74, 6) is -0.533. The van der Waals surface area contributed by atoms with Crippen molar-refractivity contribution in [3.05, 3.63) is 69.5 Å². The molecule has 0 amide bonds. The van der Waals surface area contributed by atoms with Crippen LogP contribution in [0.3, 0.4) is 0 Å². The van der Waals surface area contributed by atoms with Gasteiger partial charge in [-0.25, -0.2) is 9.31 Å². The van der Waals surface area contributed by atoms with Crippen LogP contribution in [0.25, 0.3) is 27.8 Å². The second kappa shape index (κ2) is 6.44. The summed E-state index contributed by atoms with van der Waals surface area (Å²) >= 11 is 5.91. The number of ether oxygens (including phenoxy) is 1. The van der Waals surface area contributed by atoms with Crippen molar-refractivity contribution in [3.63, 3.8) is 0 Å². The Morgan fingerprint density at radius 2 is 1.85 bits per heavy atom. The molecule has 2 aromatic carbocycles. The third-order valence-electron chi connectivity index (χ3n) is 4.20. The number of nitrogens with zero attached hydrogens (tertiary/aromatic N) is 3. The van der Waals surface area contributed by atoms with E-state index in [0.29, 0.717) is 21.0 Å². The Balaban J connectivity index is 1.96. The van der Waals surface area contributed by atoms with E-state index >= 15 is 0 Å². The van der Waals surface area contributed by atoms with E-state index in [-0.39, 0.29) is 23.2 Å². The molecule has 2 heterocycles. The lowest BCUT2D eigenvalue weighted by Gasteiger charge is -2.07. The first kappa shape index (κ1) is 17.1. The van der Waals surface area contributed by atoms with Crippen LogP contribution in [-0.4, -0.2) is 32.1 Å². The Bertz CT molecular complexity index is 1240. The van der Waals surface area contributed by atoms with Crippen molar-refractivity contribution in [3.8, 4) is 11.3 Å². The lowest BCUT2D eigenvalue weighted by Crippen LogP contribution is -2.21. The summed E-state index contributed by atoms with van der Waals surface area (Å²) in [6.45, 7) is 1.93. The highest BCUT2D eigenvalue weighted by molar-refractivity contribution is 6.30. The van der Waals surface area contributed by atoms with Gasteiger partial charge in [-0.1, -0.05) is 23.7 Å². The van der Waals surface area contributed by atoms with Crippen LogP contribution in [0.1, 0.15) is 17.3 Å². The van der Waals surface area contributed by atoms with Gasteiger partial charge in [0, 0.05) is 10.6 Å². The van der Waals surface area contributed by atoms with E-state index < -0.39 is 11.5 Å². The largest absolute Gasteiger partial charge is 0.462 e. The number of hydrogen-bond acceptors (Lipinski definition) is 5. The molecule has 0 saturated carbocycles. The van der Waals surface area contributed by atoms with E-state index in [4.69, 9.17) is 16.3 Å². The number of benzene rings is 2. The Kier molecular flexibility index (Phi) is 4.08. The fraction of sp³-hybridized carbons (Fsp3) is 0.105. The van der Waals surface area contributed by atoms with Crippen LogP contribution in [0, 0.1) is 0 Å². The molecule has 0 radical (unpaired) electrons. The lowest BCUT2D eigenvalue weighted by molar-refractivity contribution is 0.0526. The van der Waals surface area contributed by atoms with Gasteiger partial charge < -0.3 is 9.94 Å². The highest BCUT2D eigenvalue weighted by atomic mass is 35.5. The van der Waals surface area contributed by atoms with Crippen molar-refractivity contribution in [1.82, 2.24) is 14.3 Å². The molecule has 0 atom stereocenters. The van der Waals surface area contributed by atoms with Gasteiger partial charge in [0.05, 0.1) is 23.4 Å². The standard InChI is InChI=1S/C19H14ClN3O4/c1-2-27-19(25)12-5-8-15-16(9-12)23(26)18(24)17-10-14(21-22(15)17)11-3-6-13(20)7-4-11/h3-10,26H,2H2,1H3. The maximum atomic E-state index is 12.6. The minimum atomic E-state index is -0.642. The molecule has 27 heavy (non-hydrogen) atoms. The maximum absolute atomic E-state index is 12.6. The maximum Gasteiger partial charge on any atom is 0.338 e. The number of carbonyl (C=O) groups is 1. The first-order chi connectivity index (χ1) is 13.0. The summed E-state index contributed by atoms with van der Waals surface area (Å²) in [5, 5.41) is 15.4. The van der Waals surface area contributed by atoms with Gasteiger partial charge in [-0.3, -0.25) is 4.79 Å². The third-order valence-corrected chi connectivity index (χ3v) is 4.46. The monoisotopic (exact) mass is 383 g/mol. The average molecular weight is 384 g/mol. The highest BCUT2D eigenvalue weighted by Crippen LogP contribution is 2.23. The Hall–Kier alpha value is -3.32. The number of esters is 1. The van der Waals surface area contributed by atoms with E-state index in [1.54, 1.807) is 49.4 Å². The van der Waals surface area contributed by atoms with Gasteiger partial charge in [0.25, 0.3) is 0 Å². The van der Waals surface area contributed by atoms with E-state index in [1.165, 1.54) is 10.6 Å². The van der Waals surface area contributed by atoms with Gasteiger partial charge in [0.15, 0.2) is 0 Å². The second-order valence-electron chi connectivity index (χ2n) is 5.87. The molecular weight excluding hydrogens is 370 g/mol. The van der Waals surface area contributed by atoms with Gasteiger partial charge in [0.2, 0.25) is 0 Å². The second-order valence-corrected chi connectivity index (χ2v) is 6.31. The first-order valence-electron chi connectivity index (χ1n) is 8.20. The average Bonchev–Trinajstić information content (AvgIpc) is 3.12. The number of rotatable bonds is 3. The van der Waals surface area contributed by atoms with Crippen LogP contribution in [0.15, 0.2) is 53.3 Å². The predicted octanol–water partition coefficient (Wildman–Crippen LogP) is 3.38. The molecule has 136 valence electrons. The molecular formula is C19H14ClN3O4. The number of carbonyl (C=O) groups excluding carboxylic acids is 1. The SMILES string of the molecule is CCOC(=O)c1ccc2c(c1)n(O)c(=O)c1cc(-c3ccc(Cl)cc3)nn12. The molecule has 0 spiro atoms. The van der Waals surface area contributed by atoms with Crippen LogP contribution < -0.4 is 5.56 Å². The van der Waals surface area contributed by atoms with Crippen molar-refractivity contribution >= 4 is 34.1 Å². The fourth-order valence-electron chi connectivity index (χ4n) is 2.91. The molecule has 0 unspecified atom stereocenters. The van der Waals surface area contributed by atoms with E-state index in [2.05, 4.69) is 5.10 Å². The zero-order valence-corrected chi connectivity index (χ0v) is 15.0. The predicted molar refractivity (Wildman–Crippen MR) is 101 cm³/mol. The Morgan fingerprint density at radius 1 is 1.11 bits per heavy atom. The van der Waals surface area contributed by atoms with Crippen LogP contribution >= 0.6 is 11.6 Å². The lowest BCUT2D eigenvalue weighted by atomic mass is 10.1. The van der Waals surface area contributed by atoms with E-state index in [0.717, 1.165) is 5.56 Å². The van der Waals surface area contributed by atoms with E-state index in [1.807, 2.05) is 0 Å². The van der Waals surface area contributed by atoms with Crippen LogP contribution in [0.2, 0.25) is 5.02 Å². The molecule has 4 aromatic rings. The van der Waals surface area contributed by atoms with Crippen molar-refractivity contribution in [1.29, 1.82) is 0 Å². The van der Waals surface area contributed by atoms with Gasteiger partial charge in [-0.15, -0.1) is 4.73 Å². The minimum absolute atomic E-state index is 0.156. The van der Waals surface area contributed by atoms with Gasteiger partial charge in [-0.05, 0) is 43.3 Å². The number of hydrogen-bond donors (Lipinski definition) is 1. The quantitative estimate of drug-likeness (QED) is 0.433. The van der Waals surface area contributed by atoms with Gasteiger partial charge >= 0.3 is 11.5 Å². The molecule has 0 saturated heterocycles. The Labute approximate surface area is 157 Å².